The van der Waals surface area contributed by atoms with Gasteiger partial charge >= 0.3 is 5.97 Å². The maximum Gasteiger partial charge on any atom is 0.303 e. The van der Waals surface area contributed by atoms with Crippen LogP contribution in [0.4, 0.5) is 0 Å². The molecule has 0 spiro atoms. The molecule has 1 aliphatic heterocycles. The molecule has 1 aliphatic rings. The third kappa shape index (κ3) is 5.08. The van der Waals surface area contributed by atoms with Gasteiger partial charge in [0, 0.05) is 22.9 Å². The zero-order chi connectivity index (χ0) is 19.2. The highest BCUT2D eigenvalue weighted by Crippen LogP contribution is 2.34. The summed E-state index contributed by atoms with van der Waals surface area (Å²) in [7, 11) is 0. The van der Waals surface area contributed by atoms with Gasteiger partial charge in [-0.05, 0) is 30.0 Å². The molecule has 0 unspecified atom stereocenters. The molecular weight excluding hydrogens is 368 g/mol. The summed E-state index contributed by atoms with van der Waals surface area (Å²) in [6.07, 6.45) is 0.233. The molecule has 2 N–H and O–H groups in total. The van der Waals surface area contributed by atoms with E-state index in [2.05, 4.69) is 0 Å². The first-order valence-electron chi connectivity index (χ1n) is 8.99. The Morgan fingerprint density at radius 2 is 1.81 bits per heavy atom. The number of carboxylic acids is 1. The minimum atomic E-state index is -0.815. The molecule has 5 nitrogen and oxygen atoms in total. The average molecular weight is 391 g/mol. The Labute approximate surface area is 163 Å². The lowest BCUT2D eigenvalue weighted by atomic mass is 9.90. The monoisotopic (exact) mass is 390 g/mol. The number of hydrogen-bond donors (Lipinski definition) is 2. The Bertz CT molecular complexity index is 779. The number of hydrogen-bond acceptors (Lipinski definition) is 4. The molecule has 144 valence electrons. The van der Waals surface area contributed by atoms with E-state index in [9.17, 15) is 9.90 Å². The van der Waals surface area contributed by atoms with Gasteiger partial charge in [-0.15, -0.1) is 0 Å². The van der Waals surface area contributed by atoms with Crippen LogP contribution in [0.25, 0.3) is 0 Å². The minimum Gasteiger partial charge on any atom is -0.481 e. The maximum absolute atomic E-state index is 10.9. The first-order valence-corrected chi connectivity index (χ1v) is 9.37. The SMILES string of the molecule is O=C(O)CCc1ccccc1C[C@@H]1CO[C@H](c2ccccc2Cl)O[C@@H]1CO. The first-order chi connectivity index (χ1) is 13.1. The van der Waals surface area contributed by atoms with Crippen LogP contribution in [0.2, 0.25) is 5.02 Å². The third-order valence-electron chi connectivity index (χ3n) is 4.83. The lowest BCUT2D eigenvalue weighted by Crippen LogP contribution is -2.39. The number of carbonyl (C=O) groups is 1. The van der Waals surface area contributed by atoms with Crippen LogP contribution in [0.1, 0.15) is 29.4 Å². The summed E-state index contributed by atoms with van der Waals surface area (Å²) in [6.45, 7) is 0.306. The Balaban J connectivity index is 1.70. The summed E-state index contributed by atoms with van der Waals surface area (Å²) in [5.74, 6) is -0.843. The van der Waals surface area contributed by atoms with Crippen molar-refractivity contribution in [3.05, 3.63) is 70.2 Å². The molecule has 0 aromatic heterocycles. The fourth-order valence-electron chi connectivity index (χ4n) is 3.36. The number of benzene rings is 2. The molecule has 2 aromatic carbocycles. The summed E-state index contributed by atoms with van der Waals surface area (Å²) >= 11 is 6.23. The van der Waals surface area contributed by atoms with E-state index >= 15 is 0 Å². The Morgan fingerprint density at radius 3 is 2.52 bits per heavy atom. The molecule has 3 rings (SSSR count). The maximum atomic E-state index is 10.9. The predicted molar refractivity (Wildman–Crippen MR) is 102 cm³/mol. The zero-order valence-electron chi connectivity index (χ0n) is 14.9. The molecular formula is C21H23ClO5. The summed E-state index contributed by atoms with van der Waals surface area (Å²) in [5.41, 5.74) is 2.81. The lowest BCUT2D eigenvalue weighted by molar-refractivity contribution is -0.248. The minimum absolute atomic E-state index is 0.0280. The van der Waals surface area contributed by atoms with Gasteiger partial charge in [-0.2, -0.15) is 0 Å². The van der Waals surface area contributed by atoms with E-state index in [1.807, 2.05) is 42.5 Å². The Morgan fingerprint density at radius 1 is 1.11 bits per heavy atom. The van der Waals surface area contributed by atoms with Crippen molar-refractivity contribution in [1.29, 1.82) is 0 Å². The van der Waals surface area contributed by atoms with E-state index in [1.165, 1.54) is 0 Å². The van der Waals surface area contributed by atoms with Crippen molar-refractivity contribution in [1.82, 2.24) is 0 Å². The molecule has 1 saturated heterocycles. The number of aliphatic hydroxyl groups is 1. The van der Waals surface area contributed by atoms with Crippen LogP contribution in [-0.4, -0.2) is 35.5 Å². The number of aliphatic hydroxyl groups excluding tert-OH is 1. The third-order valence-corrected chi connectivity index (χ3v) is 5.18. The molecule has 2 aromatic rings. The van der Waals surface area contributed by atoms with Crippen LogP contribution >= 0.6 is 11.6 Å². The fraction of sp³-hybridized carbons (Fsp3) is 0.381. The number of carboxylic acid groups (broad SMARTS) is 1. The van der Waals surface area contributed by atoms with E-state index in [0.29, 0.717) is 24.5 Å². The summed E-state index contributed by atoms with van der Waals surface area (Å²) in [5, 5.41) is 19.3. The molecule has 0 bridgehead atoms. The van der Waals surface area contributed by atoms with Crippen molar-refractivity contribution >= 4 is 17.6 Å². The molecule has 1 fully saturated rings. The summed E-state index contributed by atoms with van der Waals surface area (Å²) in [4.78, 5) is 10.9. The van der Waals surface area contributed by atoms with E-state index in [-0.39, 0.29) is 25.0 Å². The van der Waals surface area contributed by atoms with Gasteiger partial charge in [-0.3, -0.25) is 4.79 Å². The van der Waals surface area contributed by atoms with Crippen LogP contribution in [0.3, 0.4) is 0 Å². The van der Waals surface area contributed by atoms with Gasteiger partial charge in [-0.25, -0.2) is 0 Å². The van der Waals surface area contributed by atoms with Crippen molar-refractivity contribution in [3.63, 3.8) is 0 Å². The van der Waals surface area contributed by atoms with Crippen molar-refractivity contribution in [2.45, 2.75) is 31.7 Å². The van der Waals surface area contributed by atoms with Crippen LogP contribution in [0, 0.1) is 5.92 Å². The van der Waals surface area contributed by atoms with Gasteiger partial charge in [0.25, 0.3) is 0 Å². The Hall–Kier alpha value is -1.92. The van der Waals surface area contributed by atoms with Crippen LogP contribution in [0.5, 0.6) is 0 Å². The van der Waals surface area contributed by atoms with E-state index in [1.54, 1.807) is 6.07 Å². The summed E-state index contributed by atoms with van der Waals surface area (Å²) in [6, 6.07) is 15.1. The summed E-state index contributed by atoms with van der Waals surface area (Å²) < 4.78 is 11.9. The second kappa shape index (κ2) is 9.33. The zero-order valence-corrected chi connectivity index (χ0v) is 15.6. The van der Waals surface area contributed by atoms with Crippen molar-refractivity contribution in [2.24, 2.45) is 5.92 Å². The van der Waals surface area contributed by atoms with E-state index in [4.69, 9.17) is 26.2 Å². The number of halogens is 1. The first kappa shape index (κ1) is 19.8. The molecule has 1 heterocycles. The second-order valence-corrected chi connectivity index (χ2v) is 7.08. The largest absolute Gasteiger partial charge is 0.481 e. The number of ether oxygens (including phenoxy) is 2. The highest BCUT2D eigenvalue weighted by Gasteiger charge is 2.33. The molecule has 0 saturated carbocycles. The fourth-order valence-corrected chi connectivity index (χ4v) is 3.59. The van der Waals surface area contributed by atoms with Crippen molar-refractivity contribution in [2.75, 3.05) is 13.2 Å². The predicted octanol–water partition coefficient (Wildman–Crippen LogP) is 3.62. The van der Waals surface area contributed by atoms with Gasteiger partial charge in [0.15, 0.2) is 6.29 Å². The molecule has 3 atom stereocenters. The number of aliphatic carboxylic acids is 1. The topological polar surface area (TPSA) is 76.0 Å². The van der Waals surface area contributed by atoms with Crippen molar-refractivity contribution in [3.8, 4) is 0 Å². The van der Waals surface area contributed by atoms with Gasteiger partial charge in [-0.1, -0.05) is 54.1 Å². The van der Waals surface area contributed by atoms with Gasteiger partial charge < -0.3 is 19.7 Å². The average Bonchev–Trinajstić information content (AvgIpc) is 2.68. The quantitative estimate of drug-likeness (QED) is 0.755. The van der Waals surface area contributed by atoms with Crippen LogP contribution in [-0.2, 0) is 27.1 Å². The van der Waals surface area contributed by atoms with E-state index in [0.717, 1.165) is 16.7 Å². The van der Waals surface area contributed by atoms with Crippen LogP contribution < -0.4 is 0 Å². The highest BCUT2D eigenvalue weighted by molar-refractivity contribution is 6.31. The van der Waals surface area contributed by atoms with Gasteiger partial charge in [0.2, 0.25) is 0 Å². The number of aryl methyl sites for hydroxylation is 1. The molecule has 0 radical (unpaired) electrons. The molecule has 0 amide bonds. The highest BCUT2D eigenvalue weighted by atomic mass is 35.5. The normalized spacial score (nSPS) is 22.5. The van der Waals surface area contributed by atoms with Crippen molar-refractivity contribution < 1.29 is 24.5 Å². The van der Waals surface area contributed by atoms with Gasteiger partial charge in [0.05, 0.1) is 19.3 Å². The smallest absolute Gasteiger partial charge is 0.303 e. The number of rotatable bonds is 7. The Kier molecular flexibility index (Phi) is 6.85. The molecule has 0 aliphatic carbocycles. The lowest BCUT2D eigenvalue weighted by Gasteiger charge is -2.36. The standard InChI is InChI=1S/C21H23ClO5/c22-18-8-4-3-7-17(18)21-26-13-16(19(12-23)27-21)11-15-6-2-1-5-14(15)9-10-20(24)25/h1-8,16,19,21,23H,9-13H2,(H,24,25)/t16-,19-,21+/m1/s1. The van der Waals surface area contributed by atoms with E-state index < -0.39 is 12.3 Å². The van der Waals surface area contributed by atoms with Crippen LogP contribution in [0.15, 0.2) is 48.5 Å². The van der Waals surface area contributed by atoms with Gasteiger partial charge in [0.1, 0.15) is 0 Å². The molecule has 27 heavy (non-hydrogen) atoms. The second-order valence-electron chi connectivity index (χ2n) is 6.67. The molecule has 6 heteroatoms.